The lowest BCUT2D eigenvalue weighted by molar-refractivity contribution is -0.122. The van der Waals surface area contributed by atoms with Crippen LogP contribution in [-0.2, 0) is 10.2 Å². The van der Waals surface area contributed by atoms with E-state index in [9.17, 15) is 4.79 Å². The van der Waals surface area contributed by atoms with Crippen molar-refractivity contribution in [3.63, 3.8) is 0 Å². The van der Waals surface area contributed by atoms with Crippen LogP contribution in [0.4, 0.5) is 5.69 Å². The summed E-state index contributed by atoms with van der Waals surface area (Å²) in [5, 5.41) is 2.90. The summed E-state index contributed by atoms with van der Waals surface area (Å²) in [6.07, 6.45) is 4.49. The number of hydrogen-bond donors (Lipinski definition) is 1. The topological polar surface area (TPSA) is 47.6 Å². The molecule has 0 unspecified atom stereocenters. The molecule has 0 aromatic heterocycles. The van der Waals surface area contributed by atoms with Gasteiger partial charge in [-0.15, -0.1) is 0 Å². The number of rotatable bonds is 6. The van der Waals surface area contributed by atoms with Gasteiger partial charge in [0.15, 0.2) is 6.10 Å². The molecule has 1 atom stereocenters. The van der Waals surface area contributed by atoms with Crippen LogP contribution in [0, 0.1) is 0 Å². The molecule has 1 aliphatic carbocycles. The average molecular weight is 382 g/mol. The number of ether oxygens (including phenoxy) is 2. The highest BCUT2D eigenvalue weighted by molar-refractivity contribution is 5.94. The fourth-order valence-corrected chi connectivity index (χ4v) is 3.35. The Morgan fingerprint density at radius 2 is 1.54 bits per heavy atom. The van der Waals surface area contributed by atoms with Crippen LogP contribution in [0.15, 0.2) is 48.5 Å². The summed E-state index contributed by atoms with van der Waals surface area (Å²) in [7, 11) is 0. The first kappa shape index (κ1) is 20.2. The first-order chi connectivity index (χ1) is 13.3. The van der Waals surface area contributed by atoms with Gasteiger partial charge in [0.2, 0.25) is 0 Å². The molecule has 150 valence electrons. The minimum atomic E-state index is -0.588. The molecule has 1 N–H and O–H groups in total. The quantitative estimate of drug-likeness (QED) is 0.697. The van der Waals surface area contributed by atoms with Gasteiger partial charge in [-0.05, 0) is 80.0 Å². The Bertz CT molecular complexity index is 769. The van der Waals surface area contributed by atoms with E-state index < -0.39 is 6.10 Å². The minimum Gasteiger partial charge on any atom is -0.490 e. The van der Waals surface area contributed by atoms with Gasteiger partial charge in [-0.1, -0.05) is 32.9 Å². The van der Waals surface area contributed by atoms with Crippen LogP contribution in [0.25, 0.3) is 0 Å². The predicted molar refractivity (Wildman–Crippen MR) is 113 cm³/mol. The summed E-state index contributed by atoms with van der Waals surface area (Å²) in [6.45, 7) is 8.26. The van der Waals surface area contributed by atoms with E-state index in [1.54, 1.807) is 6.92 Å². The van der Waals surface area contributed by atoms with Gasteiger partial charge in [-0.3, -0.25) is 4.79 Å². The largest absolute Gasteiger partial charge is 0.490 e. The molecule has 0 bridgehead atoms. The Balaban J connectivity index is 1.52. The van der Waals surface area contributed by atoms with Crippen LogP contribution in [-0.4, -0.2) is 18.1 Å². The van der Waals surface area contributed by atoms with Crippen molar-refractivity contribution >= 4 is 11.6 Å². The third-order valence-electron chi connectivity index (χ3n) is 5.13. The molecule has 1 saturated carbocycles. The molecule has 1 amide bonds. The smallest absolute Gasteiger partial charge is 0.265 e. The van der Waals surface area contributed by atoms with Crippen LogP contribution in [0.5, 0.6) is 11.5 Å². The molecule has 1 aliphatic rings. The van der Waals surface area contributed by atoms with Gasteiger partial charge in [-0.2, -0.15) is 0 Å². The van der Waals surface area contributed by atoms with Crippen LogP contribution in [0.1, 0.15) is 58.9 Å². The van der Waals surface area contributed by atoms with Crippen molar-refractivity contribution < 1.29 is 14.3 Å². The first-order valence-electron chi connectivity index (χ1n) is 10.2. The summed E-state index contributed by atoms with van der Waals surface area (Å²) >= 11 is 0. The number of benzene rings is 2. The zero-order chi connectivity index (χ0) is 20.1. The van der Waals surface area contributed by atoms with E-state index in [0.717, 1.165) is 24.3 Å². The molecule has 0 spiro atoms. The highest BCUT2D eigenvalue weighted by atomic mass is 16.5. The summed E-state index contributed by atoms with van der Waals surface area (Å²) in [6, 6.07) is 15.5. The van der Waals surface area contributed by atoms with E-state index in [-0.39, 0.29) is 11.3 Å². The normalized spacial score (nSPS) is 15.9. The number of hydrogen-bond acceptors (Lipinski definition) is 3. The van der Waals surface area contributed by atoms with E-state index in [2.05, 4.69) is 26.1 Å². The zero-order valence-corrected chi connectivity index (χ0v) is 17.3. The molecule has 1 fully saturated rings. The summed E-state index contributed by atoms with van der Waals surface area (Å²) < 4.78 is 11.7. The third kappa shape index (κ3) is 5.51. The maximum atomic E-state index is 12.4. The summed E-state index contributed by atoms with van der Waals surface area (Å²) in [5.74, 6) is 1.37. The maximum absolute atomic E-state index is 12.4. The molecule has 0 heterocycles. The number of nitrogens with one attached hydrogen (secondary N) is 1. The second kappa shape index (κ2) is 8.68. The van der Waals surface area contributed by atoms with Gasteiger partial charge in [0, 0.05) is 5.69 Å². The van der Waals surface area contributed by atoms with E-state index in [1.165, 1.54) is 18.4 Å². The standard InChI is InChI=1S/C24H31NO3/c1-17(27-21-13-9-18(10-14-21)24(2,3)4)23(26)25-19-11-15-22(16-12-19)28-20-7-5-6-8-20/h9-17,20H,5-8H2,1-4H3,(H,25,26)/t17-/m0/s1. The van der Waals surface area contributed by atoms with Gasteiger partial charge < -0.3 is 14.8 Å². The molecule has 3 rings (SSSR count). The van der Waals surface area contributed by atoms with Crippen molar-refractivity contribution in [3.8, 4) is 11.5 Å². The lowest BCUT2D eigenvalue weighted by Crippen LogP contribution is -2.30. The van der Waals surface area contributed by atoms with E-state index in [4.69, 9.17) is 9.47 Å². The zero-order valence-electron chi connectivity index (χ0n) is 17.3. The molecular weight excluding hydrogens is 350 g/mol. The molecule has 4 heteroatoms. The van der Waals surface area contributed by atoms with Crippen molar-refractivity contribution in [2.45, 2.75) is 71.0 Å². The van der Waals surface area contributed by atoms with Crippen molar-refractivity contribution in [1.29, 1.82) is 0 Å². The lowest BCUT2D eigenvalue weighted by atomic mass is 9.87. The molecule has 0 aliphatic heterocycles. The number of carbonyl (C=O) groups excluding carboxylic acids is 1. The van der Waals surface area contributed by atoms with Crippen molar-refractivity contribution in [2.24, 2.45) is 0 Å². The summed E-state index contributed by atoms with van der Waals surface area (Å²) in [5.41, 5.74) is 2.06. The van der Waals surface area contributed by atoms with Crippen molar-refractivity contribution in [3.05, 3.63) is 54.1 Å². The molecule has 2 aromatic carbocycles. The van der Waals surface area contributed by atoms with E-state index in [1.807, 2.05) is 48.5 Å². The Labute approximate surface area is 168 Å². The fourth-order valence-electron chi connectivity index (χ4n) is 3.35. The van der Waals surface area contributed by atoms with Crippen LogP contribution in [0.3, 0.4) is 0 Å². The minimum absolute atomic E-state index is 0.0924. The highest BCUT2D eigenvalue weighted by Gasteiger charge is 2.18. The Morgan fingerprint density at radius 1 is 0.964 bits per heavy atom. The van der Waals surface area contributed by atoms with Crippen LogP contribution < -0.4 is 14.8 Å². The monoisotopic (exact) mass is 381 g/mol. The summed E-state index contributed by atoms with van der Waals surface area (Å²) in [4.78, 5) is 12.4. The van der Waals surface area contributed by atoms with Gasteiger partial charge in [0.05, 0.1) is 6.10 Å². The Kier molecular flexibility index (Phi) is 6.28. The number of anilines is 1. The molecule has 0 saturated heterocycles. The second-order valence-corrected chi connectivity index (χ2v) is 8.57. The molecule has 4 nitrogen and oxygen atoms in total. The molecule has 28 heavy (non-hydrogen) atoms. The van der Waals surface area contributed by atoms with Gasteiger partial charge in [0.1, 0.15) is 11.5 Å². The Morgan fingerprint density at radius 3 is 2.11 bits per heavy atom. The fraction of sp³-hybridized carbons (Fsp3) is 0.458. The number of amides is 1. The van der Waals surface area contributed by atoms with Gasteiger partial charge in [-0.25, -0.2) is 0 Å². The third-order valence-corrected chi connectivity index (χ3v) is 5.13. The second-order valence-electron chi connectivity index (χ2n) is 8.57. The molecule has 2 aromatic rings. The van der Waals surface area contributed by atoms with E-state index in [0.29, 0.717) is 11.9 Å². The van der Waals surface area contributed by atoms with Crippen LogP contribution >= 0.6 is 0 Å². The SMILES string of the molecule is C[C@H](Oc1ccc(C(C)(C)C)cc1)C(=O)Nc1ccc(OC2CCCC2)cc1. The first-order valence-corrected chi connectivity index (χ1v) is 10.2. The van der Waals surface area contributed by atoms with E-state index >= 15 is 0 Å². The predicted octanol–water partition coefficient (Wildman–Crippen LogP) is 5.71. The number of carbonyl (C=O) groups is 1. The maximum Gasteiger partial charge on any atom is 0.265 e. The Hall–Kier alpha value is -2.49. The van der Waals surface area contributed by atoms with Gasteiger partial charge in [0.25, 0.3) is 5.91 Å². The highest BCUT2D eigenvalue weighted by Crippen LogP contribution is 2.26. The molecule has 0 radical (unpaired) electrons. The van der Waals surface area contributed by atoms with Gasteiger partial charge >= 0.3 is 0 Å². The average Bonchev–Trinajstić information content (AvgIpc) is 3.16. The van der Waals surface area contributed by atoms with Crippen molar-refractivity contribution in [2.75, 3.05) is 5.32 Å². The van der Waals surface area contributed by atoms with Crippen LogP contribution in [0.2, 0.25) is 0 Å². The lowest BCUT2D eigenvalue weighted by Gasteiger charge is -2.20. The van der Waals surface area contributed by atoms with Crippen molar-refractivity contribution in [1.82, 2.24) is 0 Å². The molecular formula is C24H31NO3.